The number of carbonyl (C=O) groups excluding carboxylic acids is 2. The molecular weight excluding hydrogens is 436 g/mol. The summed E-state index contributed by atoms with van der Waals surface area (Å²) in [5.41, 5.74) is 2.79. The molecule has 5 nitrogen and oxygen atoms in total. The fraction of sp³-hybridized carbons (Fsp3) is 0.259. The highest BCUT2D eigenvalue weighted by Gasteiger charge is 2.30. The average molecular weight is 465 g/mol. The fourth-order valence-corrected chi connectivity index (χ4v) is 3.68. The summed E-state index contributed by atoms with van der Waals surface area (Å²) in [6.07, 6.45) is 0.408. The van der Waals surface area contributed by atoms with Crippen LogP contribution in [-0.4, -0.2) is 35.9 Å². The van der Waals surface area contributed by atoms with E-state index in [9.17, 15) is 9.59 Å². The number of halogens is 1. The highest BCUT2D eigenvalue weighted by Crippen LogP contribution is 2.21. The molecule has 0 spiro atoms. The molecule has 0 saturated carbocycles. The monoisotopic (exact) mass is 464 g/mol. The molecular formula is C27H29ClN2O3. The predicted octanol–water partition coefficient (Wildman–Crippen LogP) is 4.80. The third-order valence-corrected chi connectivity index (χ3v) is 5.73. The maximum atomic E-state index is 13.4. The topological polar surface area (TPSA) is 58.6 Å². The van der Waals surface area contributed by atoms with E-state index in [2.05, 4.69) is 5.32 Å². The Morgan fingerprint density at radius 3 is 2.21 bits per heavy atom. The van der Waals surface area contributed by atoms with Crippen LogP contribution in [0.25, 0.3) is 0 Å². The lowest BCUT2D eigenvalue weighted by Crippen LogP contribution is -2.51. The number of aryl methyl sites for hydroxylation is 1. The highest BCUT2D eigenvalue weighted by molar-refractivity contribution is 6.31. The first-order valence-corrected chi connectivity index (χ1v) is 11.4. The van der Waals surface area contributed by atoms with Gasteiger partial charge in [-0.2, -0.15) is 0 Å². The van der Waals surface area contributed by atoms with Crippen molar-refractivity contribution in [3.8, 4) is 5.75 Å². The van der Waals surface area contributed by atoms with Crippen LogP contribution in [0, 0.1) is 6.92 Å². The van der Waals surface area contributed by atoms with E-state index in [-0.39, 0.29) is 18.4 Å². The summed E-state index contributed by atoms with van der Waals surface area (Å²) in [5.74, 6) is 0.106. The van der Waals surface area contributed by atoms with Crippen molar-refractivity contribution in [3.63, 3.8) is 0 Å². The second kappa shape index (κ2) is 12.1. The van der Waals surface area contributed by atoms with E-state index >= 15 is 0 Å². The SMILES string of the molecule is CCNC(=O)[C@@H](Cc1ccccc1)N(Cc1ccccc1)C(=O)COc1ccc(Cl)c(C)c1. The number of nitrogens with zero attached hydrogens (tertiary/aromatic N) is 1. The summed E-state index contributed by atoms with van der Waals surface area (Å²) in [6, 6.07) is 24.0. The Kier molecular flexibility index (Phi) is 8.90. The smallest absolute Gasteiger partial charge is 0.261 e. The Morgan fingerprint density at radius 1 is 0.970 bits per heavy atom. The molecule has 6 heteroatoms. The number of likely N-dealkylation sites (N-methyl/N-ethyl adjacent to an activating group) is 1. The molecule has 0 aromatic heterocycles. The Morgan fingerprint density at radius 2 is 1.61 bits per heavy atom. The third-order valence-electron chi connectivity index (χ3n) is 5.31. The van der Waals surface area contributed by atoms with E-state index in [0.717, 1.165) is 16.7 Å². The zero-order valence-corrected chi connectivity index (χ0v) is 19.7. The first-order valence-electron chi connectivity index (χ1n) is 11.0. The maximum absolute atomic E-state index is 13.4. The van der Waals surface area contributed by atoms with Crippen molar-refractivity contribution in [3.05, 3.63) is 101 Å². The van der Waals surface area contributed by atoms with Crippen molar-refractivity contribution in [1.82, 2.24) is 10.2 Å². The zero-order chi connectivity index (χ0) is 23.6. The fourth-order valence-electron chi connectivity index (χ4n) is 3.56. The van der Waals surface area contributed by atoms with Gasteiger partial charge in [-0.3, -0.25) is 9.59 Å². The molecule has 3 aromatic carbocycles. The Hall–Kier alpha value is -3.31. The highest BCUT2D eigenvalue weighted by atomic mass is 35.5. The minimum Gasteiger partial charge on any atom is -0.484 e. The van der Waals surface area contributed by atoms with Gasteiger partial charge in [0.15, 0.2) is 6.61 Å². The summed E-state index contributed by atoms with van der Waals surface area (Å²) < 4.78 is 5.78. The van der Waals surface area contributed by atoms with Gasteiger partial charge in [-0.05, 0) is 48.7 Å². The van der Waals surface area contributed by atoms with E-state index in [1.54, 1.807) is 23.1 Å². The van der Waals surface area contributed by atoms with Gasteiger partial charge in [0.2, 0.25) is 5.91 Å². The normalized spacial score (nSPS) is 11.5. The lowest BCUT2D eigenvalue weighted by atomic mass is 10.0. The molecule has 0 saturated heterocycles. The summed E-state index contributed by atoms with van der Waals surface area (Å²) in [5, 5.41) is 3.52. The van der Waals surface area contributed by atoms with E-state index < -0.39 is 6.04 Å². The van der Waals surface area contributed by atoms with Gasteiger partial charge in [-0.15, -0.1) is 0 Å². The van der Waals surface area contributed by atoms with Gasteiger partial charge in [0.25, 0.3) is 5.91 Å². The minimum atomic E-state index is -0.671. The van der Waals surface area contributed by atoms with Crippen molar-refractivity contribution in [2.24, 2.45) is 0 Å². The lowest BCUT2D eigenvalue weighted by Gasteiger charge is -2.31. The van der Waals surface area contributed by atoms with Gasteiger partial charge < -0.3 is 15.0 Å². The number of ether oxygens (including phenoxy) is 1. The van der Waals surface area contributed by atoms with E-state index in [0.29, 0.717) is 30.3 Å². The number of hydrogen-bond donors (Lipinski definition) is 1. The van der Waals surface area contributed by atoms with Crippen LogP contribution in [0.4, 0.5) is 0 Å². The second-order valence-corrected chi connectivity index (χ2v) is 8.21. The molecule has 3 rings (SSSR count). The summed E-state index contributed by atoms with van der Waals surface area (Å²) in [7, 11) is 0. The van der Waals surface area contributed by atoms with Crippen LogP contribution in [0.15, 0.2) is 78.9 Å². The number of amides is 2. The average Bonchev–Trinajstić information content (AvgIpc) is 2.83. The van der Waals surface area contributed by atoms with Gasteiger partial charge in [0.05, 0.1) is 0 Å². The molecule has 0 aliphatic carbocycles. The zero-order valence-electron chi connectivity index (χ0n) is 19.0. The molecule has 1 N–H and O–H groups in total. The van der Waals surface area contributed by atoms with E-state index in [1.807, 2.05) is 74.5 Å². The number of nitrogens with one attached hydrogen (secondary N) is 1. The van der Waals surface area contributed by atoms with Gasteiger partial charge in [-0.25, -0.2) is 0 Å². The molecule has 0 bridgehead atoms. The van der Waals surface area contributed by atoms with Crippen molar-refractivity contribution < 1.29 is 14.3 Å². The minimum absolute atomic E-state index is 0.182. The molecule has 0 heterocycles. The summed E-state index contributed by atoms with van der Waals surface area (Å²) >= 11 is 6.09. The quantitative estimate of drug-likeness (QED) is 0.468. The molecule has 172 valence electrons. The van der Waals surface area contributed by atoms with Crippen LogP contribution in [-0.2, 0) is 22.6 Å². The molecule has 1 atom stereocenters. The standard InChI is InChI=1S/C27H29ClN2O3/c1-3-29-27(32)25(17-21-10-6-4-7-11-21)30(18-22-12-8-5-9-13-22)26(31)19-33-23-14-15-24(28)20(2)16-23/h4-16,25H,3,17-19H2,1-2H3,(H,29,32)/t25-/m1/s1. The first-order chi connectivity index (χ1) is 16.0. The van der Waals surface area contributed by atoms with Gasteiger partial charge in [0, 0.05) is 24.5 Å². The third kappa shape index (κ3) is 7.09. The molecule has 2 amide bonds. The molecule has 33 heavy (non-hydrogen) atoms. The Labute approximate surface area is 200 Å². The van der Waals surface area contributed by atoms with Gasteiger partial charge >= 0.3 is 0 Å². The second-order valence-electron chi connectivity index (χ2n) is 7.81. The van der Waals surface area contributed by atoms with E-state index in [1.165, 1.54) is 0 Å². The van der Waals surface area contributed by atoms with Crippen LogP contribution in [0.1, 0.15) is 23.6 Å². The summed E-state index contributed by atoms with van der Waals surface area (Å²) in [6.45, 7) is 4.35. The largest absolute Gasteiger partial charge is 0.484 e. The molecule has 0 aliphatic heterocycles. The number of carbonyl (C=O) groups is 2. The lowest BCUT2D eigenvalue weighted by molar-refractivity contribution is -0.142. The Balaban J connectivity index is 1.86. The summed E-state index contributed by atoms with van der Waals surface area (Å²) in [4.78, 5) is 28.1. The van der Waals surface area contributed by atoms with Crippen molar-refractivity contribution >= 4 is 23.4 Å². The van der Waals surface area contributed by atoms with E-state index in [4.69, 9.17) is 16.3 Å². The van der Waals surface area contributed by atoms with Crippen LogP contribution in [0.3, 0.4) is 0 Å². The number of rotatable bonds is 10. The van der Waals surface area contributed by atoms with Gasteiger partial charge in [-0.1, -0.05) is 72.3 Å². The molecule has 3 aromatic rings. The van der Waals surface area contributed by atoms with Crippen LogP contribution >= 0.6 is 11.6 Å². The molecule has 0 fully saturated rings. The van der Waals surface area contributed by atoms with Crippen molar-refractivity contribution in [1.29, 1.82) is 0 Å². The van der Waals surface area contributed by atoms with Gasteiger partial charge in [0.1, 0.15) is 11.8 Å². The molecule has 0 aliphatic rings. The van der Waals surface area contributed by atoms with Crippen molar-refractivity contribution in [2.75, 3.05) is 13.2 Å². The predicted molar refractivity (Wildman–Crippen MR) is 131 cm³/mol. The maximum Gasteiger partial charge on any atom is 0.261 e. The van der Waals surface area contributed by atoms with Crippen LogP contribution < -0.4 is 10.1 Å². The molecule has 0 radical (unpaired) electrons. The first kappa shape index (κ1) is 24.3. The van der Waals surface area contributed by atoms with Crippen LogP contribution in [0.5, 0.6) is 5.75 Å². The van der Waals surface area contributed by atoms with Crippen LogP contribution in [0.2, 0.25) is 5.02 Å². The molecule has 0 unspecified atom stereocenters. The number of benzene rings is 3. The van der Waals surface area contributed by atoms with Crippen molar-refractivity contribution in [2.45, 2.75) is 32.9 Å². The Bertz CT molecular complexity index is 1060. The number of hydrogen-bond acceptors (Lipinski definition) is 3.